The highest BCUT2D eigenvalue weighted by Crippen LogP contribution is 2.30. The van der Waals surface area contributed by atoms with Gasteiger partial charge in [-0.1, -0.05) is 83.5 Å². The van der Waals surface area contributed by atoms with Crippen molar-refractivity contribution in [1.82, 2.24) is 0 Å². The monoisotopic (exact) mass is 430 g/mol. The number of hydrogen-bond donors (Lipinski definition) is 0. The van der Waals surface area contributed by atoms with Crippen LogP contribution in [0.5, 0.6) is 0 Å². The van der Waals surface area contributed by atoms with Gasteiger partial charge >= 0.3 is 5.97 Å². The van der Waals surface area contributed by atoms with Crippen LogP contribution in [0.15, 0.2) is 0 Å². The lowest BCUT2D eigenvalue weighted by Gasteiger charge is -2.24. The Labute approximate surface area is 184 Å². The van der Waals surface area contributed by atoms with E-state index in [2.05, 4.69) is 36.0 Å². The molecule has 2 unspecified atom stereocenters. The minimum Gasteiger partial charge on any atom is -0.466 e. The van der Waals surface area contributed by atoms with Gasteiger partial charge in [0.25, 0.3) is 0 Å². The Balaban J connectivity index is 2.33. The van der Waals surface area contributed by atoms with Crippen molar-refractivity contribution in [3.8, 4) is 0 Å². The fourth-order valence-electron chi connectivity index (χ4n) is 4.18. The number of hydrogen-bond acceptors (Lipinski definition) is 4. The van der Waals surface area contributed by atoms with E-state index in [0.29, 0.717) is 13.0 Å². The third-order valence-electron chi connectivity index (χ3n) is 6.04. The lowest BCUT2D eigenvalue weighted by Crippen LogP contribution is -2.19. The van der Waals surface area contributed by atoms with Crippen molar-refractivity contribution >= 4 is 29.5 Å². The first-order valence-electron chi connectivity index (χ1n) is 12.0. The minimum absolute atomic E-state index is 0.0184. The van der Waals surface area contributed by atoms with Crippen LogP contribution in [0.25, 0.3) is 0 Å². The lowest BCUT2D eigenvalue weighted by molar-refractivity contribution is -0.143. The number of rotatable bonds is 2. The van der Waals surface area contributed by atoms with Gasteiger partial charge in [0.15, 0.2) is 0 Å². The van der Waals surface area contributed by atoms with Crippen molar-refractivity contribution in [2.24, 2.45) is 0 Å². The molecular weight excluding hydrogens is 384 g/mol. The van der Waals surface area contributed by atoms with Gasteiger partial charge in [-0.25, -0.2) is 0 Å². The average Bonchev–Trinajstić information content (AvgIpc) is 2.70. The van der Waals surface area contributed by atoms with Crippen LogP contribution in [-0.4, -0.2) is 35.6 Å². The van der Waals surface area contributed by atoms with Crippen LogP contribution in [0.2, 0.25) is 0 Å². The van der Waals surface area contributed by atoms with Gasteiger partial charge in [-0.2, -0.15) is 23.5 Å². The first kappa shape index (κ1) is 26.2. The summed E-state index contributed by atoms with van der Waals surface area (Å²) in [5, 5.41) is 1.67. The van der Waals surface area contributed by atoms with Gasteiger partial charge in [0.05, 0.1) is 6.61 Å². The Morgan fingerprint density at radius 3 is 1.46 bits per heavy atom. The quantitative estimate of drug-likeness (QED) is 0.414. The zero-order valence-electron chi connectivity index (χ0n) is 18.7. The fourth-order valence-corrected chi connectivity index (χ4v) is 6.53. The highest BCUT2D eigenvalue weighted by atomic mass is 32.2. The summed E-state index contributed by atoms with van der Waals surface area (Å²) in [7, 11) is 0. The Bertz CT molecular complexity index is 363. The van der Waals surface area contributed by atoms with Crippen molar-refractivity contribution in [1.29, 1.82) is 0 Å². The van der Waals surface area contributed by atoms with E-state index >= 15 is 0 Å². The van der Waals surface area contributed by atoms with Gasteiger partial charge in [-0.05, 0) is 38.2 Å². The second kappa shape index (κ2) is 19.2. The van der Waals surface area contributed by atoms with Crippen LogP contribution < -0.4 is 0 Å². The molecule has 0 bridgehead atoms. The molecular formula is C24H46O2S2. The molecule has 0 aromatic rings. The SMILES string of the molecule is CSC1CCCCCCCCCCCC(=O)OCCCCCCCCC1SC. The molecule has 0 aliphatic carbocycles. The van der Waals surface area contributed by atoms with Gasteiger partial charge in [0.2, 0.25) is 0 Å². The number of ether oxygens (including phenoxy) is 1. The Morgan fingerprint density at radius 1 is 0.607 bits per heavy atom. The number of thioether (sulfide) groups is 2. The zero-order chi connectivity index (χ0) is 20.3. The molecule has 0 aromatic heterocycles. The predicted octanol–water partition coefficient (Wildman–Crippen LogP) is 8.03. The second-order valence-electron chi connectivity index (χ2n) is 8.40. The molecule has 1 fully saturated rings. The molecule has 4 heteroatoms. The van der Waals surface area contributed by atoms with Crippen molar-refractivity contribution in [2.75, 3.05) is 19.1 Å². The highest BCUT2D eigenvalue weighted by molar-refractivity contribution is 8.03. The van der Waals surface area contributed by atoms with Gasteiger partial charge in [0.1, 0.15) is 0 Å². The molecule has 2 atom stereocenters. The maximum absolute atomic E-state index is 11.7. The summed E-state index contributed by atoms with van der Waals surface area (Å²) < 4.78 is 5.38. The average molecular weight is 431 g/mol. The van der Waals surface area contributed by atoms with Crippen LogP contribution >= 0.6 is 23.5 Å². The number of carbonyl (C=O) groups excluding carboxylic acids is 1. The van der Waals surface area contributed by atoms with Gasteiger partial charge in [-0.3, -0.25) is 4.79 Å². The van der Waals surface area contributed by atoms with E-state index in [1.807, 2.05) is 0 Å². The molecule has 166 valence electrons. The summed E-state index contributed by atoms with van der Waals surface area (Å²) in [6.07, 6.45) is 27.4. The predicted molar refractivity (Wildman–Crippen MR) is 129 cm³/mol. The van der Waals surface area contributed by atoms with Crippen molar-refractivity contribution in [3.05, 3.63) is 0 Å². The van der Waals surface area contributed by atoms with Gasteiger partial charge in [-0.15, -0.1) is 0 Å². The van der Waals surface area contributed by atoms with Crippen LogP contribution in [0.1, 0.15) is 116 Å². The van der Waals surface area contributed by atoms with Crippen LogP contribution in [0, 0.1) is 0 Å². The normalized spacial score (nSPS) is 27.0. The Kier molecular flexibility index (Phi) is 17.9. The van der Waals surface area contributed by atoms with Crippen molar-refractivity contribution in [2.45, 2.75) is 126 Å². The molecule has 1 rings (SSSR count). The van der Waals surface area contributed by atoms with E-state index < -0.39 is 0 Å². The molecule has 0 amide bonds. The topological polar surface area (TPSA) is 26.3 Å². The Hall–Kier alpha value is 0.170. The van der Waals surface area contributed by atoms with Crippen LogP contribution in [0.3, 0.4) is 0 Å². The summed E-state index contributed by atoms with van der Waals surface area (Å²) in [6.45, 7) is 0.628. The van der Waals surface area contributed by atoms with E-state index in [9.17, 15) is 4.79 Å². The summed E-state index contributed by atoms with van der Waals surface area (Å²) >= 11 is 4.20. The van der Waals surface area contributed by atoms with Gasteiger partial charge < -0.3 is 4.74 Å². The molecule has 0 radical (unpaired) electrons. The molecule has 28 heavy (non-hydrogen) atoms. The number of cyclic esters (lactones) is 1. The fraction of sp³-hybridized carbons (Fsp3) is 0.958. The Morgan fingerprint density at radius 2 is 1.00 bits per heavy atom. The smallest absolute Gasteiger partial charge is 0.305 e. The molecule has 1 aliphatic heterocycles. The summed E-state index contributed by atoms with van der Waals surface area (Å²) in [5.41, 5.74) is 0. The zero-order valence-corrected chi connectivity index (χ0v) is 20.4. The maximum atomic E-state index is 11.7. The van der Waals surface area contributed by atoms with Crippen molar-refractivity contribution in [3.63, 3.8) is 0 Å². The summed E-state index contributed by atoms with van der Waals surface area (Å²) in [6, 6.07) is 0. The van der Waals surface area contributed by atoms with Crippen LogP contribution in [-0.2, 0) is 9.53 Å². The third kappa shape index (κ3) is 14.2. The number of carbonyl (C=O) groups is 1. The molecule has 1 saturated heterocycles. The second-order valence-corrected chi connectivity index (χ2v) is 10.6. The lowest BCUT2D eigenvalue weighted by atomic mass is 10.0. The molecule has 2 nitrogen and oxygen atoms in total. The first-order chi connectivity index (χ1) is 13.8. The largest absolute Gasteiger partial charge is 0.466 e. The summed E-state index contributed by atoms with van der Waals surface area (Å²) in [5.74, 6) is 0.0184. The summed E-state index contributed by atoms with van der Waals surface area (Å²) in [4.78, 5) is 11.7. The molecule has 0 aromatic carbocycles. The molecule has 1 heterocycles. The minimum atomic E-state index is 0.0184. The van der Waals surface area contributed by atoms with Gasteiger partial charge in [0, 0.05) is 16.9 Å². The third-order valence-corrected chi connectivity index (χ3v) is 8.55. The van der Waals surface area contributed by atoms with Crippen LogP contribution in [0.4, 0.5) is 0 Å². The molecule has 0 spiro atoms. The highest BCUT2D eigenvalue weighted by Gasteiger charge is 2.19. The maximum Gasteiger partial charge on any atom is 0.305 e. The molecule has 1 aliphatic rings. The molecule has 0 N–H and O–H groups in total. The van der Waals surface area contributed by atoms with E-state index in [1.54, 1.807) is 0 Å². The van der Waals surface area contributed by atoms with E-state index in [1.165, 1.54) is 96.3 Å². The molecule has 0 saturated carbocycles. The number of esters is 1. The van der Waals surface area contributed by atoms with E-state index in [4.69, 9.17) is 4.74 Å². The van der Waals surface area contributed by atoms with E-state index in [0.717, 1.165) is 23.3 Å². The van der Waals surface area contributed by atoms with Crippen molar-refractivity contribution < 1.29 is 9.53 Å². The first-order valence-corrected chi connectivity index (χ1v) is 14.6. The van der Waals surface area contributed by atoms with E-state index in [-0.39, 0.29) is 5.97 Å². The standard InChI is InChI=1S/C24H46O2S2/c1-27-22-18-14-10-6-4-3-5-7-12-16-20-24(25)26-21-17-13-9-8-11-15-19-23(22)28-2/h22-23H,3-21H2,1-2H3.